The van der Waals surface area contributed by atoms with E-state index in [0.29, 0.717) is 17.6 Å². The van der Waals surface area contributed by atoms with E-state index in [-0.39, 0.29) is 29.5 Å². The number of halogens is 3. The predicted octanol–water partition coefficient (Wildman–Crippen LogP) is 4.30. The largest absolute Gasteiger partial charge is 0.573 e. The number of carbonyl (C=O) groups excluding carboxylic acids is 1. The maximum atomic E-state index is 12.7. The van der Waals surface area contributed by atoms with Crippen molar-refractivity contribution in [3.8, 4) is 11.4 Å². The van der Waals surface area contributed by atoms with Crippen LogP contribution in [0.1, 0.15) is 28.4 Å². The first-order chi connectivity index (χ1) is 14.7. The van der Waals surface area contributed by atoms with Crippen LogP contribution in [-0.2, 0) is 9.53 Å². The highest BCUT2D eigenvalue weighted by Gasteiger charge is 2.31. The lowest BCUT2D eigenvalue weighted by Crippen LogP contribution is -2.17. The lowest BCUT2D eigenvalue weighted by molar-refractivity contribution is -0.274. The van der Waals surface area contributed by atoms with Gasteiger partial charge in [-0.15, -0.1) is 13.2 Å². The molecule has 0 bridgehead atoms. The Morgan fingerprint density at radius 2 is 1.97 bits per heavy atom. The number of aromatic carboxylic acids is 1. The Kier molecular flexibility index (Phi) is 5.00. The normalized spacial score (nSPS) is 15.4. The van der Waals surface area contributed by atoms with Crippen molar-refractivity contribution in [2.75, 3.05) is 19.0 Å². The molecule has 1 unspecified atom stereocenters. The van der Waals surface area contributed by atoms with Crippen LogP contribution < -0.4 is 10.1 Å². The Bertz CT molecular complexity index is 1190. The second-order valence-corrected chi connectivity index (χ2v) is 7.07. The second-order valence-electron chi connectivity index (χ2n) is 7.07. The van der Waals surface area contributed by atoms with Crippen LogP contribution in [-0.4, -0.2) is 41.6 Å². The number of aromatic nitrogens is 1. The van der Waals surface area contributed by atoms with Crippen LogP contribution in [0.15, 0.2) is 42.5 Å². The summed E-state index contributed by atoms with van der Waals surface area (Å²) in [5.74, 6) is -2.25. The van der Waals surface area contributed by atoms with Gasteiger partial charge < -0.3 is 24.5 Å². The number of ether oxygens (including phenoxy) is 2. The van der Waals surface area contributed by atoms with E-state index >= 15 is 0 Å². The van der Waals surface area contributed by atoms with Crippen molar-refractivity contribution < 1.29 is 37.3 Å². The van der Waals surface area contributed by atoms with Crippen LogP contribution in [0.2, 0.25) is 0 Å². The van der Waals surface area contributed by atoms with Gasteiger partial charge in [-0.2, -0.15) is 0 Å². The molecule has 7 nitrogen and oxygen atoms in total. The number of nitrogens with zero attached hydrogens (tertiary/aromatic N) is 1. The number of methoxy groups -OCH3 is 1. The zero-order valence-corrected chi connectivity index (χ0v) is 16.2. The molecule has 10 heteroatoms. The molecule has 0 fully saturated rings. The lowest BCUT2D eigenvalue weighted by Gasteiger charge is -2.14. The Balaban J connectivity index is 1.84. The molecule has 2 heterocycles. The highest BCUT2D eigenvalue weighted by molar-refractivity contribution is 5.96. The molecule has 1 atom stereocenters. The van der Waals surface area contributed by atoms with Crippen molar-refractivity contribution in [2.24, 2.45) is 0 Å². The molecular formula is C21H17F3N2O5. The minimum atomic E-state index is -4.87. The summed E-state index contributed by atoms with van der Waals surface area (Å²) in [6.45, 7) is 0.510. The number of esters is 1. The summed E-state index contributed by atoms with van der Waals surface area (Å²) in [4.78, 5) is 23.6. The molecule has 0 saturated carbocycles. The van der Waals surface area contributed by atoms with Gasteiger partial charge in [0.05, 0.1) is 19.0 Å². The first-order valence-corrected chi connectivity index (χ1v) is 9.26. The van der Waals surface area contributed by atoms with Crippen molar-refractivity contribution in [3.05, 3.63) is 53.7 Å². The van der Waals surface area contributed by atoms with E-state index in [1.165, 1.54) is 23.8 Å². The lowest BCUT2D eigenvalue weighted by atomic mass is 9.97. The van der Waals surface area contributed by atoms with E-state index < -0.39 is 18.1 Å². The smallest absolute Gasteiger partial charge is 0.477 e. The van der Waals surface area contributed by atoms with Gasteiger partial charge in [0, 0.05) is 35.3 Å². The van der Waals surface area contributed by atoms with Crippen molar-refractivity contribution in [1.82, 2.24) is 4.57 Å². The third-order valence-electron chi connectivity index (χ3n) is 5.14. The zero-order valence-electron chi connectivity index (χ0n) is 16.2. The minimum absolute atomic E-state index is 0.116. The number of benzene rings is 2. The molecule has 31 heavy (non-hydrogen) atoms. The molecule has 0 aliphatic carbocycles. The number of carboxylic acid groups (broad SMARTS) is 1. The molecule has 3 aromatic rings. The van der Waals surface area contributed by atoms with Gasteiger partial charge in [0.25, 0.3) is 0 Å². The molecule has 2 N–H and O–H groups in total. The summed E-state index contributed by atoms with van der Waals surface area (Å²) in [7, 11) is 1.30. The minimum Gasteiger partial charge on any atom is -0.477 e. The number of carbonyl (C=O) groups is 2. The van der Waals surface area contributed by atoms with Gasteiger partial charge in [0.1, 0.15) is 11.4 Å². The maximum absolute atomic E-state index is 12.7. The third-order valence-corrected chi connectivity index (χ3v) is 5.14. The third kappa shape index (κ3) is 4.00. The van der Waals surface area contributed by atoms with Gasteiger partial charge >= 0.3 is 18.3 Å². The SMILES string of the molecule is COC(=O)CC1CNc2ccc(-n3c(C(=O)O)cc4ccc(OC(F)(F)F)cc43)cc21. The van der Waals surface area contributed by atoms with Gasteiger partial charge in [0.2, 0.25) is 0 Å². The summed E-state index contributed by atoms with van der Waals surface area (Å²) in [5.41, 5.74) is 2.16. The van der Waals surface area contributed by atoms with Crippen molar-refractivity contribution in [3.63, 3.8) is 0 Å². The predicted molar refractivity (Wildman–Crippen MR) is 105 cm³/mol. The second kappa shape index (κ2) is 7.53. The number of nitrogens with one attached hydrogen (secondary N) is 1. The monoisotopic (exact) mass is 434 g/mol. The van der Waals surface area contributed by atoms with E-state index in [1.807, 2.05) is 0 Å². The first kappa shape index (κ1) is 20.6. The Morgan fingerprint density at radius 1 is 1.19 bits per heavy atom. The molecule has 1 aromatic heterocycles. The molecule has 0 amide bonds. The summed E-state index contributed by atoms with van der Waals surface area (Å²) < 4.78 is 48.1. The molecule has 0 radical (unpaired) electrons. The number of anilines is 1. The summed E-state index contributed by atoms with van der Waals surface area (Å²) >= 11 is 0. The van der Waals surface area contributed by atoms with Crippen LogP contribution in [0.4, 0.5) is 18.9 Å². The van der Waals surface area contributed by atoms with Gasteiger partial charge in [-0.3, -0.25) is 4.79 Å². The number of alkyl halides is 3. The van der Waals surface area contributed by atoms with E-state index in [1.54, 1.807) is 18.2 Å². The standard InChI is InChI=1S/C21H17F3N2O5/c1-30-19(27)7-12-10-25-16-5-3-13(8-15(12)16)26-17-9-14(31-21(22,23)24)4-2-11(17)6-18(26)20(28)29/h2-6,8-9,12,25H,7,10H2,1H3,(H,28,29). The number of hydrogen-bond donors (Lipinski definition) is 2. The Labute approximate surface area is 174 Å². The van der Waals surface area contributed by atoms with Crippen molar-refractivity contribution in [2.45, 2.75) is 18.7 Å². The highest BCUT2D eigenvalue weighted by Crippen LogP contribution is 2.37. The summed E-state index contributed by atoms with van der Waals surface area (Å²) in [6, 6.07) is 10.2. The summed E-state index contributed by atoms with van der Waals surface area (Å²) in [5, 5.41) is 13.3. The summed E-state index contributed by atoms with van der Waals surface area (Å²) in [6.07, 6.45) is -4.73. The average Bonchev–Trinajstić information content (AvgIpc) is 3.27. The molecule has 1 aliphatic heterocycles. The van der Waals surface area contributed by atoms with Crippen LogP contribution in [0.25, 0.3) is 16.6 Å². The number of carboxylic acids is 1. The maximum Gasteiger partial charge on any atom is 0.573 e. The molecule has 0 saturated heterocycles. The molecular weight excluding hydrogens is 417 g/mol. The van der Waals surface area contributed by atoms with Crippen LogP contribution in [0.5, 0.6) is 5.75 Å². The number of rotatable bonds is 5. The topological polar surface area (TPSA) is 89.8 Å². The number of hydrogen-bond acceptors (Lipinski definition) is 5. The zero-order chi connectivity index (χ0) is 22.3. The molecule has 0 spiro atoms. The van der Waals surface area contributed by atoms with Gasteiger partial charge in [-0.1, -0.05) is 0 Å². The van der Waals surface area contributed by atoms with Gasteiger partial charge in [-0.05, 0) is 42.0 Å². The van der Waals surface area contributed by atoms with Gasteiger partial charge in [-0.25, -0.2) is 4.79 Å². The molecule has 2 aromatic carbocycles. The van der Waals surface area contributed by atoms with Crippen LogP contribution >= 0.6 is 0 Å². The van der Waals surface area contributed by atoms with Crippen LogP contribution in [0, 0.1) is 0 Å². The van der Waals surface area contributed by atoms with E-state index in [9.17, 15) is 27.9 Å². The van der Waals surface area contributed by atoms with Crippen molar-refractivity contribution >= 4 is 28.5 Å². The fourth-order valence-electron chi connectivity index (χ4n) is 3.81. The first-order valence-electron chi connectivity index (χ1n) is 9.26. The van der Waals surface area contributed by atoms with E-state index in [0.717, 1.165) is 23.4 Å². The van der Waals surface area contributed by atoms with Crippen molar-refractivity contribution in [1.29, 1.82) is 0 Å². The quantitative estimate of drug-likeness (QED) is 0.582. The van der Waals surface area contributed by atoms with E-state index in [4.69, 9.17) is 4.74 Å². The Morgan fingerprint density at radius 3 is 2.65 bits per heavy atom. The Hall–Kier alpha value is -3.69. The number of fused-ring (bicyclic) bond motifs is 2. The van der Waals surface area contributed by atoms with Gasteiger partial charge in [0.15, 0.2) is 0 Å². The molecule has 4 rings (SSSR count). The molecule has 1 aliphatic rings. The van der Waals surface area contributed by atoms with Crippen LogP contribution in [0.3, 0.4) is 0 Å². The highest BCUT2D eigenvalue weighted by atomic mass is 19.4. The fourth-order valence-corrected chi connectivity index (χ4v) is 3.81. The van der Waals surface area contributed by atoms with E-state index in [2.05, 4.69) is 10.1 Å². The molecule has 162 valence electrons. The fraction of sp³-hybridized carbons (Fsp3) is 0.238. The average molecular weight is 434 g/mol.